The third-order valence-electron chi connectivity index (χ3n) is 7.10. The Morgan fingerprint density at radius 1 is 1.19 bits per heavy atom. The van der Waals surface area contributed by atoms with Crippen LogP contribution in [0.1, 0.15) is 52.0 Å². The number of amides is 1. The van der Waals surface area contributed by atoms with Gasteiger partial charge in [-0.15, -0.1) is 0 Å². The minimum absolute atomic E-state index is 0.0375. The number of hydrogen-bond acceptors (Lipinski definition) is 5. The molecular formula is C23H27N7O. The maximum atomic E-state index is 12.7. The Labute approximate surface area is 181 Å². The Morgan fingerprint density at radius 2 is 2.03 bits per heavy atom. The van der Waals surface area contributed by atoms with Crippen LogP contribution in [0.15, 0.2) is 31.0 Å². The lowest BCUT2D eigenvalue weighted by molar-refractivity contribution is 0.0931. The van der Waals surface area contributed by atoms with Crippen molar-refractivity contribution >= 4 is 11.7 Å². The number of piperidine rings is 1. The van der Waals surface area contributed by atoms with E-state index in [0.717, 1.165) is 60.5 Å². The average molecular weight is 418 g/mol. The highest BCUT2D eigenvalue weighted by Crippen LogP contribution is 2.46. The third-order valence-corrected chi connectivity index (χ3v) is 7.10. The predicted octanol–water partition coefficient (Wildman–Crippen LogP) is 2.24. The van der Waals surface area contributed by atoms with Crippen molar-refractivity contribution in [2.45, 2.75) is 38.8 Å². The van der Waals surface area contributed by atoms with E-state index in [-0.39, 0.29) is 11.9 Å². The number of pyridine rings is 1. The molecule has 3 aromatic heterocycles. The lowest BCUT2D eigenvalue weighted by atomic mass is 10.2. The van der Waals surface area contributed by atoms with Gasteiger partial charge >= 0.3 is 0 Å². The van der Waals surface area contributed by atoms with Crippen molar-refractivity contribution in [1.82, 2.24) is 29.4 Å². The molecule has 0 radical (unpaired) electrons. The van der Waals surface area contributed by atoms with E-state index >= 15 is 0 Å². The Morgan fingerprint density at radius 3 is 2.84 bits per heavy atom. The summed E-state index contributed by atoms with van der Waals surface area (Å²) in [6, 6.07) is 4.24. The molecule has 31 heavy (non-hydrogen) atoms. The largest absolute Gasteiger partial charge is 0.356 e. The zero-order chi connectivity index (χ0) is 21.1. The molecular weight excluding hydrogens is 390 g/mol. The predicted molar refractivity (Wildman–Crippen MR) is 116 cm³/mol. The van der Waals surface area contributed by atoms with Crippen LogP contribution < -0.4 is 10.2 Å². The molecule has 0 bridgehead atoms. The van der Waals surface area contributed by atoms with E-state index in [4.69, 9.17) is 4.98 Å². The van der Waals surface area contributed by atoms with Gasteiger partial charge in [0, 0.05) is 37.7 Å². The van der Waals surface area contributed by atoms with Gasteiger partial charge in [-0.2, -0.15) is 0 Å². The van der Waals surface area contributed by atoms with Crippen LogP contribution in [0.5, 0.6) is 0 Å². The van der Waals surface area contributed by atoms with Crippen molar-refractivity contribution in [3.63, 3.8) is 0 Å². The first-order valence-corrected chi connectivity index (χ1v) is 11.1. The van der Waals surface area contributed by atoms with Crippen molar-refractivity contribution in [3.05, 3.63) is 59.3 Å². The standard InChI is InChI=1S/C23H27N7O/c1-14-15(3-6-21(26-14)30-9-16-7-17(16)10-30)8-29-11-19(24-13-29)23(31)27-18-4-5-20-22(18)25-12-28(20)2/h3,6,11-13,16-18H,4-5,7-10H2,1-2H3,(H,27,31)/t16?,17?,18-/m1/s1. The van der Waals surface area contributed by atoms with Gasteiger partial charge in [-0.1, -0.05) is 6.07 Å². The normalized spacial score (nSPS) is 23.7. The van der Waals surface area contributed by atoms with Gasteiger partial charge in [0.15, 0.2) is 0 Å². The highest BCUT2D eigenvalue weighted by molar-refractivity contribution is 5.92. The first kappa shape index (κ1) is 18.6. The number of fused-ring (bicyclic) bond motifs is 2. The van der Waals surface area contributed by atoms with Gasteiger partial charge in [-0.05, 0) is 49.7 Å². The van der Waals surface area contributed by atoms with Crippen LogP contribution >= 0.6 is 0 Å². The fraction of sp³-hybridized carbons (Fsp3) is 0.478. The minimum Gasteiger partial charge on any atom is -0.356 e. The molecule has 0 aromatic carbocycles. The van der Waals surface area contributed by atoms with E-state index in [1.807, 2.05) is 28.7 Å². The molecule has 3 aliphatic rings. The monoisotopic (exact) mass is 417 g/mol. The van der Waals surface area contributed by atoms with Gasteiger partial charge in [0.1, 0.15) is 11.5 Å². The number of aromatic nitrogens is 5. The number of hydrogen-bond donors (Lipinski definition) is 1. The molecule has 8 heteroatoms. The quantitative estimate of drug-likeness (QED) is 0.689. The maximum Gasteiger partial charge on any atom is 0.272 e. The molecule has 8 nitrogen and oxygen atoms in total. The molecule has 160 valence electrons. The molecule has 1 saturated heterocycles. The minimum atomic E-state index is -0.153. The molecule has 2 fully saturated rings. The Balaban J connectivity index is 1.12. The zero-order valence-electron chi connectivity index (χ0n) is 18.0. The van der Waals surface area contributed by atoms with Gasteiger partial charge in [0.05, 0.1) is 30.9 Å². The summed E-state index contributed by atoms with van der Waals surface area (Å²) >= 11 is 0. The SMILES string of the molecule is Cc1nc(N2CC3CC3C2)ccc1Cn1cnc(C(=O)N[C@@H]2CCc3c2ncn3C)c1. The molecule has 1 saturated carbocycles. The van der Waals surface area contributed by atoms with Crippen LogP contribution in [-0.2, 0) is 20.0 Å². The van der Waals surface area contributed by atoms with Crippen molar-refractivity contribution in [2.24, 2.45) is 18.9 Å². The number of anilines is 1. The lowest BCUT2D eigenvalue weighted by Crippen LogP contribution is -2.27. The molecule has 2 unspecified atom stereocenters. The second-order valence-corrected chi connectivity index (χ2v) is 9.26. The Hall–Kier alpha value is -3.16. The van der Waals surface area contributed by atoms with Gasteiger partial charge in [-0.3, -0.25) is 4.79 Å². The van der Waals surface area contributed by atoms with Crippen molar-refractivity contribution < 1.29 is 4.79 Å². The third kappa shape index (κ3) is 3.30. The van der Waals surface area contributed by atoms with Crippen molar-refractivity contribution in [1.29, 1.82) is 0 Å². The summed E-state index contributed by atoms with van der Waals surface area (Å²) < 4.78 is 3.98. The molecule has 1 aliphatic heterocycles. The van der Waals surface area contributed by atoms with E-state index < -0.39 is 0 Å². The average Bonchev–Trinajstić information content (AvgIpc) is 3.22. The molecule has 3 atom stereocenters. The Kier molecular flexibility index (Phi) is 4.16. The summed E-state index contributed by atoms with van der Waals surface area (Å²) in [4.78, 5) is 28.8. The summed E-state index contributed by atoms with van der Waals surface area (Å²) in [6.45, 7) is 5.01. The number of carbonyl (C=O) groups excluding carboxylic acids is 1. The number of nitrogens with one attached hydrogen (secondary N) is 1. The molecule has 0 spiro atoms. The van der Waals surface area contributed by atoms with E-state index in [2.05, 4.69) is 39.2 Å². The van der Waals surface area contributed by atoms with E-state index in [1.165, 1.54) is 12.1 Å². The van der Waals surface area contributed by atoms with Gasteiger partial charge in [-0.25, -0.2) is 15.0 Å². The number of rotatable bonds is 5. The van der Waals surface area contributed by atoms with Crippen LogP contribution in [0, 0.1) is 18.8 Å². The summed E-state index contributed by atoms with van der Waals surface area (Å²) in [5.74, 6) is 2.72. The van der Waals surface area contributed by atoms with Crippen molar-refractivity contribution in [3.8, 4) is 0 Å². The topological polar surface area (TPSA) is 80.9 Å². The number of nitrogens with zero attached hydrogens (tertiary/aromatic N) is 6. The fourth-order valence-corrected chi connectivity index (χ4v) is 5.13. The Bertz CT molecular complexity index is 1150. The second-order valence-electron chi connectivity index (χ2n) is 9.26. The molecule has 1 N–H and O–H groups in total. The zero-order valence-corrected chi connectivity index (χ0v) is 18.0. The first-order chi connectivity index (χ1) is 15.0. The van der Waals surface area contributed by atoms with E-state index in [1.54, 1.807) is 6.33 Å². The lowest BCUT2D eigenvalue weighted by Gasteiger charge is -2.20. The molecule has 2 aliphatic carbocycles. The highest BCUT2D eigenvalue weighted by Gasteiger charge is 2.45. The van der Waals surface area contributed by atoms with Crippen LogP contribution in [-0.4, -0.2) is 43.1 Å². The number of imidazole rings is 2. The van der Waals surface area contributed by atoms with E-state index in [0.29, 0.717) is 12.2 Å². The molecule has 1 amide bonds. The van der Waals surface area contributed by atoms with Crippen LogP contribution in [0.4, 0.5) is 5.82 Å². The molecule has 3 aromatic rings. The van der Waals surface area contributed by atoms with Gasteiger partial charge < -0.3 is 19.4 Å². The maximum absolute atomic E-state index is 12.7. The van der Waals surface area contributed by atoms with E-state index in [9.17, 15) is 4.79 Å². The summed E-state index contributed by atoms with van der Waals surface area (Å²) in [5.41, 5.74) is 4.79. The summed E-state index contributed by atoms with van der Waals surface area (Å²) in [7, 11) is 1.99. The summed E-state index contributed by atoms with van der Waals surface area (Å²) in [6.07, 6.45) is 8.56. The molecule has 4 heterocycles. The summed E-state index contributed by atoms with van der Waals surface area (Å²) in [5, 5.41) is 3.09. The first-order valence-electron chi connectivity index (χ1n) is 11.1. The van der Waals surface area contributed by atoms with Crippen LogP contribution in [0.2, 0.25) is 0 Å². The number of carbonyl (C=O) groups is 1. The molecule has 6 rings (SSSR count). The fourth-order valence-electron chi connectivity index (χ4n) is 5.13. The van der Waals surface area contributed by atoms with Crippen LogP contribution in [0.3, 0.4) is 0 Å². The number of aryl methyl sites for hydroxylation is 2. The van der Waals surface area contributed by atoms with Crippen LogP contribution in [0.25, 0.3) is 0 Å². The van der Waals surface area contributed by atoms with Gasteiger partial charge in [0.2, 0.25) is 0 Å². The highest BCUT2D eigenvalue weighted by atomic mass is 16.2. The van der Waals surface area contributed by atoms with Gasteiger partial charge in [0.25, 0.3) is 5.91 Å². The second kappa shape index (κ2) is 6.93. The van der Waals surface area contributed by atoms with Crippen molar-refractivity contribution in [2.75, 3.05) is 18.0 Å². The smallest absolute Gasteiger partial charge is 0.272 e.